The lowest BCUT2D eigenvalue weighted by Crippen LogP contribution is -2.34. The van der Waals surface area contributed by atoms with Gasteiger partial charge in [0.25, 0.3) is 11.8 Å². The van der Waals surface area contributed by atoms with Gasteiger partial charge in [0.05, 0.1) is 93.9 Å². The van der Waals surface area contributed by atoms with E-state index in [1.54, 1.807) is 126 Å². The summed E-state index contributed by atoms with van der Waals surface area (Å²) in [5, 5.41) is 53.5. The number of ether oxygens (including phenoxy) is 2. The average molecular weight is 1600 g/mol. The van der Waals surface area contributed by atoms with E-state index in [4.69, 9.17) is 29.7 Å². The molecule has 9 aromatic carbocycles. The lowest BCUT2D eigenvalue weighted by Gasteiger charge is -2.22. The minimum Gasteiger partial charge on any atom is -0.497 e. The van der Waals surface area contributed by atoms with Gasteiger partial charge in [-0.25, -0.2) is 22.5 Å². The van der Waals surface area contributed by atoms with Crippen molar-refractivity contribution in [1.29, 1.82) is 15.8 Å². The van der Waals surface area contributed by atoms with Crippen LogP contribution in [0, 0.1) is 57.3 Å². The van der Waals surface area contributed by atoms with Crippen LogP contribution in [0.4, 0.5) is 17.6 Å². The van der Waals surface area contributed by atoms with Crippen LogP contribution in [-0.2, 0) is 63.6 Å². The van der Waals surface area contributed by atoms with Crippen LogP contribution in [0.2, 0.25) is 0 Å². The molecule has 574 valence electrons. The van der Waals surface area contributed by atoms with Gasteiger partial charge in [-0.15, -0.1) is 30.6 Å². The Hall–Kier alpha value is -14.2. The number of rotatable bonds is 25. The SMILES string of the molecule is C.C.COc1ccc2oc(C(=O)N(Cc3ccc(F)cc3F)Cc3nncn3Cc3ccc(C#N)cc3)cc2c1.COc1ccccc1/C=C/C(=O)N(Cc1ccc(F)cc1F)Cc1nncn1Cc1ccc(C#N)cc1.N#Cc1ccc(Cn2cnnc2CN(CCc2ccc(Br)cc2)C(=O)c2ccc3ccccc3n2)cc1. The van der Waals surface area contributed by atoms with Gasteiger partial charge in [0, 0.05) is 69.8 Å². The molecule has 0 N–H and O–H groups in total. The average Bonchev–Trinajstić information content (AvgIpc) is 1.57. The van der Waals surface area contributed by atoms with Crippen molar-refractivity contribution in [3.8, 4) is 29.7 Å². The fraction of sp³-hybridized carbons (Fsp3) is 0.161. The van der Waals surface area contributed by atoms with Crippen LogP contribution >= 0.6 is 15.9 Å². The molecule has 14 aromatic rings. The van der Waals surface area contributed by atoms with E-state index in [2.05, 4.69) is 81.8 Å². The smallest absolute Gasteiger partial charge is 0.290 e. The molecule has 3 amide bonds. The molecule has 0 aliphatic heterocycles. The summed E-state index contributed by atoms with van der Waals surface area (Å²) in [5.74, 6) is -1.12. The van der Waals surface area contributed by atoms with E-state index in [1.807, 2.05) is 95.6 Å². The molecule has 0 spiro atoms. The Morgan fingerprint density at radius 3 is 1.51 bits per heavy atom. The molecule has 0 saturated heterocycles. The Kier molecular flexibility index (Phi) is 28.4. The third-order valence-electron chi connectivity index (χ3n) is 17.9. The minimum absolute atomic E-state index is 0. The summed E-state index contributed by atoms with van der Waals surface area (Å²) in [6, 6.07) is 67.9. The van der Waals surface area contributed by atoms with Gasteiger partial charge >= 0.3 is 0 Å². The Morgan fingerprint density at radius 2 is 0.991 bits per heavy atom. The number of aromatic nitrogens is 10. The Morgan fingerprint density at radius 1 is 0.500 bits per heavy atom. The van der Waals surface area contributed by atoms with Crippen LogP contribution in [0.5, 0.6) is 11.5 Å². The largest absolute Gasteiger partial charge is 0.497 e. The van der Waals surface area contributed by atoms with Crippen molar-refractivity contribution in [2.24, 2.45) is 0 Å². The first kappa shape index (κ1) is 82.3. The highest BCUT2D eigenvalue weighted by Gasteiger charge is 2.26. The predicted octanol–water partition coefficient (Wildman–Crippen LogP) is 16.5. The van der Waals surface area contributed by atoms with Crippen molar-refractivity contribution in [2.45, 2.75) is 73.6 Å². The van der Waals surface area contributed by atoms with Crippen molar-refractivity contribution in [3.63, 3.8) is 0 Å². The number of amides is 3. The number of furan rings is 1. The number of hydrogen-bond acceptors (Lipinski definition) is 16. The summed E-state index contributed by atoms with van der Waals surface area (Å²) in [5.41, 5.74) is 8.34. The number of carbonyl (C=O) groups excluding carboxylic acids is 3. The Labute approximate surface area is 663 Å². The van der Waals surface area contributed by atoms with E-state index in [-0.39, 0.29) is 63.8 Å². The molecule has 0 saturated carbocycles. The lowest BCUT2D eigenvalue weighted by molar-refractivity contribution is -0.127. The maximum atomic E-state index is 14.6. The number of halogens is 5. The first-order valence-electron chi connectivity index (χ1n) is 34.8. The third-order valence-corrected chi connectivity index (χ3v) is 18.4. The second kappa shape index (κ2) is 39.4. The second-order valence-electron chi connectivity index (χ2n) is 25.5. The fourth-order valence-corrected chi connectivity index (χ4v) is 12.1. The van der Waals surface area contributed by atoms with Crippen LogP contribution in [0.3, 0.4) is 0 Å². The van der Waals surface area contributed by atoms with Crippen molar-refractivity contribution in [1.82, 2.24) is 64.0 Å². The minimum atomic E-state index is -0.767. The zero-order chi connectivity index (χ0) is 78.5. The maximum Gasteiger partial charge on any atom is 0.290 e. The summed E-state index contributed by atoms with van der Waals surface area (Å²) in [4.78, 5) is 49.8. The van der Waals surface area contributed by atoms with Crippen molar-refractivity contribution in [2.75, 3.05) is 20.8 Å². The number of carbonyl (C=O) groups is 3. The van der Waals surface area contributed by atoms with Gasteiger partial charge in [0.2, 0.25) is 5.91 Å². The summed E-state index contributed by atoms with van der Waals surface area (Å²) >= 11 is 3.48. The lowest BCUT2D eigenvalue weighted by atomic mass is 10.1. The Bertz CT molecular complexity index is 5810. The van der Waals surface area contributed by atoms with Crippen LogP contribution < -0.4 is 9.47 Å². The monoisotopic (exact) mass is 1590 g/mol. The molecule has 0 aliphatic rings. The summed E-state index contributed by atoms with van der Waals surface area (Å²) in [7, 11) is 3.08. The van der Waals surface area contributed by atoms with Crippen molar-refractivity contribution >= 4 is 61.6 Å². The molecule has 0 unspecified atom stereocenters. The van der Waals surface area contributed by atoms with Gasteiger partial charge in [0.1, 0.15) is 65.0 Å². The molecule has 22 nitrogen and oxygen atoms in total. The van der Waals surface area contributed by atoms with Gasteiger partial charge < -0.3 is 42.3 Å². The predicted molar refractivity (Wildman–Crippen MR) is 424 cm³/mol. The van der Waals surface area contributed by atoms with Gasteiger partial charge in [-0.05, 0) is 138 Å². The first-order chi connectivity index (χ1) is 54.5. The van der Waals surface area contributed by atoms with Gasteiger partial charge in [-0.2, -0.15) is 15.8 Å². The van der Waals surface area contributed by atoms with Crippen molar-refractivity contribution < 1.29 is 45.8 Å². The number of pyridine rings is 1. The van der Waals surface area contributed by atoms with Crippen LogP contribution in [-0.4, -0.2) is 102 Å². The molecule has 5 heterocycles. The number of nitriles is 3. The van der Waals surface area contributed by atoms with E-state index >= 15 is 0 Å². The maximum absolute atomic E-state index is 14.6. The van der Waals surface area contributed by atoms with Crippen molar-refractivity contribution in [3.05, 3.63) is 356 Å². The van der Waals surface area contributed by atoms with Crippen LogP contribution in [0.15, 0.2) is 252 Å². The normalized spacial score (nSPS) is 10.7. The zero-order valence-corrected chi connectivity index (χ0v) is 61.8. The fourth-order valence-electron chi connectivity index (χ4n) is 11.9. The molecule has 0 bridgehead atoms. The number of nitrogens with zero attached hydrogens (tertiary/aromatic N) is 16. The highest BCUT2D eigenvalue weighted by molar-refractivity contribution is 9.10. The third kappa shape index (κ3) is 21.6. The van der Waals surface area contributed by atoms with Gasteiger partial charge in [-0.3, -0.25) is 14.4 Å². The number of benzene rings is 9. The standard InChI is InChI=1S/C29H23BrN6O.C28H21F2N5O3.C28H23F2N5O2.2CH4/c30-25-12-9-21(10-13-25)15-16-35(29(37)27-14-11-24-3-1-2-4-26(24)33-27)19-28-34-32-20-36(28)18-23-7-5-22(17-31)6-8-23;1-37-23-8-9-25-21(10-23)11-26(38-25)28(36)34(15-20-6-7-22(29)12-24(20)30)16-27-33-32-17-35(27)14-19-4-2-18(13-31)3-5-19;1-37-26-5-3-2-4-22(26)11-13-28(36)34(17-23-10-12-24(29)14-25(23)30)18-27-33-32-19-35(27)16-21-8-6-20(15-31)7-9-21;;/h1-14,20H,15-16,18-19H2;2-12,17H,14-16H2,1H3;2-14,19H,16-18H2,1H3;2*1H4/b;;13-11+;;. The molecule has 114 heavy (non-hydrogen) atoms. The van der Waals surface area contributed by atoms with Gasteiger partial charge in [0.15, 0.2) is 23.2 Å². The molecule has 0 aliphatic carbocycles. The number of hydrogen-bond donors (Lipinski definition) is 0. The molecule has 0 radical (unpaired) electrons. The number of methoxy groups -OCH3 is 2. The quantitative estimate of drug-likeness (QED) is 0.0380. The topological polar surface area (TPSA) is 269 Å². The summed E-state index contributed by atoms with van der Waals surface area (Å²) in [6.07, 6.45) is 8.42. The van der Waals surface area contributed by atoms with Crippen LogP contribution in [0.25, 0.3) is 27.9 Å². The Balaban J connectivity index is 0.000000179. The molecular weight excluding hydrogens is 1520 g/mol. The molecule has 5 aromatic heterocycles. The first-order valence-corrected chi connectivity index (χ1v) is 35.6. The zero-order valence-electron chi connectivity index (χ0n) is 60.2. The molecular formula is C87H75BrF4N16O6. The van der Waals surface area contributed by atoms with Crippen LogP contribution in [0.1, 0.15) is 109 Å². The molecule has 0 atom stereocenters. The molecule has 27 heteroatoms. The highest BCUT2D eigenvalue weighted by Crippen LogP contribution is 2.28. The molecule has 14 rings (SSSR count). The van der Waals surface area contributed by atoms with E-state index in [0.717, 1.165) is 61.9 Å². The van der Waals surface area contributed by atoms with E-state index < -0.39 is 35.1 Å². The van der Waals surface area contributed by atoms with E-state index in [0.29, 0.717) is 107 Å². The second-order valence-corrected chi connectivity index (χ2v) is 26.4. The van der Waals surface area contributed by atoms with E-state index in [9.17, 15) is 31.9 Å². The molecule has 0 fully saturated rings. The summed E-state index contributed by atoms with van der Waals surface area (Å²) in [6.45, 7) is 1.88. The summed E-state index contributed by atoms with van der Waals surface area (Å²) < 4.78 is 78.8. The number of para-hydroxylation sites is 2. The van der Waals surface area contributed by atoms with Gasteiger partial charge in [-0.1, -0.05) is 134 Å². The van der Waals surface area contributed by atoms with E-state index in [1.165, 1.54) is 34.3 Å². The highest BCUT2D eigenvalue weighted by atomic mass is 79.9. The number of fused-ring (bicyclic) bond motifs is 2.